The molecule has 2 nitrogen and oxygen atoms in total. The Morgan fingerprint density at radius 2 is 1.78 bits per heavy atom. The number of rotatable bonds is 3. The molecule has 2 rings (SSSR count). The highest BCUT2D eigenvalue weighted by Crippen LogP contribution is 2.33. The predicted molar refractivity (Wildman–Crippen MR) is 70.5 cm³/mol. The van der Waals surface area contributed by atoms with Crippen molar-refractivity contribution in [3.8, 4) is 0 Å². The van der Waals surface area contributed by atoms with E-state index in [1.165, 1.54) is 12.1 Å². The zero-order valence-electron chi connectivity index (χ0n) is 9.33. The molecule has 0 unspecified atom stereocenters. The van der Waals surface area contributed by atoms with Gasteiger partial charge in [-0.1, -0.05) is 23.7 Å². The summed E-state index contributed by atoms with van der Waals surface area (Å²) in [5.41, 5.74) is 6.53. The van der Waals surface area contributed by atoms with Gasteiger partial charge in [-0.25, -0.2) is 8.78 Å². The number of benzene rings is 2. The van der Waals surface area contributed by atoms with Crippen molar-refractivity contribution in [3.63, 3.8) is 0 Å². The van der Waals surface area contributed by atoms with Gasteiger partial charge in [-0.3, -0.25) is 0 Å². The van der Waals surface area contributed by atoms with Crippen molar-refractivity contribution in [2.24, 2.45) is 0 Å². The summed E-state index contributed by atoms with van der Waals surface area (Å²) in [5, 5.41) is 3.35. The minimum Gasteiger partial charge on any atom is -0.399 e. The van der Waals surface area contributed by atoms with Gasteiger partial charge in [0.25, 0.3) is 6.43 Å². The number of hydrogen-bond donors (Lipinski definition) is 2. The average Bonchev–Trinajstić information content (AvgIpc) is 2.34. The summed E-state index contributed by atoms with van der Waals surface area (Å²) in [7, 11) is 0. The number of nitrogens with one attached hydrogen (secondary N) is 1. The van der Waals surface area contributed by atoms with Crippen LogP contribution in [0.4, 0.5) is 25.8 Å². The van der Waals surface area contributed by atoms with Crippen LogP contribution in [-0.4, -0.2) is 0 Å². The van der Waals surface area contributed by atoms with Crippen LogP contribution in [0.1, 0.15) is 12.0 Å². The Morgan fingerprint density at radius 3 is 2.44 bits per heavy atom. The van der Waals surface area contributed by atoms with Crippen molar-refractivity contribution in [2.45, 2.75) is 6.43 Å². The van der Waals surface area contributed by atoms with E-state index in [-0.39, 0.29) is 5.56 Å². The molecule has 2 aromatic rings. The number of nitrogen functional groups attached to an aromatic ring is 1. The zero-order valence-corrected chi connectivity index (χ0v) is 10.1. The van der Waals surface area contributed by atoms with Gasteiger partial charge in [0.05, 0.1) is 10.7 Å². The molecule has 0 spiro atoms. The van der Waals surface area contributed by atoms with E-state index in [2.05, 4.69) is 5.32 Å². The first kappa shape index (κ1) is 12.6. The van der Waals surface area contributed by atoms with Gasteiger partial charge >= 0.3 is 0 Å². The molecule has 0 heterocycles. The number of anilines is 3. The van der Waals surface area contributed by atoms with Crippen LogP contribution < -0.4 is 11.1 Å². The average molecular weight is 269 g/mol. The Kier molecular flexibility index (Phi) is 3.67. The molecular formula is C13H11ClF2N2. The maximum Gasteiger partial charge on any atom is 0.265 e. The molecule has 0 aliphatic heterocycles. The van der Waals surface area contributed by atoms with Gasteiger partial charge in [-0.05, 0) is 30.3 Å². The third kappa shape index (κ3) is 2.71. The molecule has 3 N–H and O–H groups in total. The lowest BCUT2D eigenvalue weighted by Crippen LogP contribution is -1.98. The molecule has 94 valence electrons. The molecule has 0 saturated carbocycles. The summed E-state index contributed by atoms with van der Waals surface area (Å²) < 4.78 is 25.8. The molecule has 0 radical (unpaired) electrons. The molecule has 5 heteroatoms. The third-order valence-electron chi connectivity index (χ3n) is 2.45. The Morgan fingerprint density at radius 1 is 1.06 bits per heavy atom. The molecule has 0 aliphatic rings. The highest BCUT2D eigenvalue weighted by molar-refractivity contribution is 6.33. The maximum absolute atomic E-state index is 12.9. The van der Waals surface area contributed by atoms with Crippen molar-refractivity contribution >= 4 is 28.7 Å². The van der Waals surface area contributed by atoms with Gasteiger partial charge in [0.2, 0.25) is 0 Å². The zero-order chi connectivity index (χ0) is 13.1. The van der Waals surface area contributed by atoms with Crippen LogP contribution in [0.3, 0.4) is 0 Å². The second-order valence-corrected chi connectivity index (χ2v) is 4.16. The Bertz CT molecular complexity index is 558. The minimum atomic E-state index is -2.60. The van der Waals surface area contributed by atoms with Gasteiger partial charge in [0.1, 0.15) is 0 Å². The summed E-state index contributed by atoms with van der Waals surface area (Å²) in [6.45, 7) is 0. The summed E-state index contributed by atoms with van der Waals surface area (Å²) in [4.78, 5) is 0. The second kappa shape index (κ2) is 5.23. The van der Waals surface area contributed by atoms with Crippen LogP contribution in [0.2, 0.25) is 5.02 Å². The van der Waals surface area contributed by atoms with Crippen molar-refractivity contribution in [1.29, 1.82) is 0 Å². The van der Waals surface area contributed by atoms with E-state index in [9.17, 15) is 8.78 Å². The van der Waals surface area contributed by atoms with Gasteiger partial charge < -0.3 is 11.1 Å². The topological polar surface area (TPSA) is 38.0 Å². The van der Waals surface area contributed by atoms with Crippen LogP contribution in [-0.2, 0) is 0 Å². The van der Waals surface area contributed by atoms with Gasteiger partial charge in [-0.2, -0.15) is 0 Å². The molecule has 0 amide bonds. The number of halogens is 3. The molecule has 0 aromatic heterocycles. The highest BCUT2D eigenvalue weighted by Gasteiger charge is 2.14. The van der Waals surface area contributed by atoms with Crippen LogP contribution in [0, 0.1) is 0 Å². The van der Waals surface area contributed by atoms with E-state index < -0.39 is 6.43 Å². The lowest BCUT2D eigenvalue weighted by Gasteiger charge is -2.13. The monoisotopic (exact) mass is 268 g/mol. The van der Waals surface area contributed by atoms with Crippen LogP contribution >= 0.6 is 11.6 Å². The summed E-state index contributed by atoms with van der Waals surface area (Å²) >= 11 is 5.96. The molecule has 18 heavy (non-hydrogen) atoms. The van der Waals surface area contributed by atoms with Crippen molar-refractivity contribution in [1.82, 2.24) is 0 Å². The summed E-state index contributed by atoms with van der Waals surface area (Å²) in [6.07, 6.45) is -2.60. The SMILES string of the molecule is Nc1ccc(Nc2ccccc2Cl)c(C(F)F)c1. The first-order chi connectivity index (χ1) is 8.58. The Balaban J connectivity index is 2.37. The number of para-hydroxylation sites is 1. The van der Waals surface area contributed by atoms with E-state index in [1.54, 1.807) is 30.3 Å². The highest BCUT2D eigenvalue weighted by atomic mass is 35.5. The van der Waals surface area contributed by atoms with E-state index in [0.29, 0.717) is 22.1 Å². The van der Waals surface area contributed by atoms with Crippen molar-refractivity contribution in [3.05, 3.63) is 53.1 Å². The molecule has 0 bridgehead atoms. The largest absolute Gasteiger partial charge is 0.399 e. The molecule has 0 fully saturated rings. The van der Waals surface area contributed by atoms with E-state index in [1.807, 2.05) is 0 Å². The first-order valence-electron chi connectivity index (χ1n) is 5.27. The van der Waals surface area contributed by atoms with Crippen LogP contribution in [0.5, 0.6) is 0 Å². The molecule has 0 atom stereocenters. The number of nitrogens with two attached hydrogens (primary N) is 1. The first-order valence-corrected chi connectivity index (χ1v) is 5.65. The lowest BCUT2D eigenvalue weighted by atomic mass is 10.1. The normalized spacial score (nSPS) is 10.7. The minimum absolute atomic E-state index is 0.144. The van der Waals surface area contributed by atoms with E-state index >= 15 is 0 Å². The second-order valence-electron chi connectivity index (χ2n) is 3.75. The number of alkyl halides is 2. The fraction of sp³-hybridized carbons (Fsp3) is 0.0769. The Hall–Kier alpha value is -1.81. The lowest BCUT2D eigenvalue weighted by molar-refractivity contribution is 0.152. The van der Waals surface area contributed by atoms with Gasteiger partial charge in [0, 0.05) is 16.9 Å². The number of hydrogen-bond acceptors (Lipinski definition) is 2. The third-order valence-corrected chi connectivity index (χ3v) is 2.78. The fourth-order valence-electron chi connectivity index (χ4n) is 1.58. The van der Waals surface area contributed by atoms with Crippen LogP contribution in [0.25, 0.3) is 0 Å². The quantitative estimate of drug-likeness (QED) is 0.798. The maximum atomic E-state index is 12.9. The summed E-state index contributed by atoms with van der Waals surface area (Å²) in [6, 6.07) is 11.3. The molecule has 0 aliphatic carbocycles. The van der Waals surface area contributed by atoms with E-state index in [0.717, 1.165) is 0 Å². The van der Waals surface area contributed by atoms with Crippen molar-refractivity contribution < 1.29 is 8.78 Å². The molecule has 2 aromatic carbocycles. The van der Waals surface area contributed by atoms with Gasteiger partial charge in [-0.15, -0.1) is 0 Å². The molecule has 0 saturated heterocycles. The molecular weight excluding hydrogens is 258 g/mol. The Labute approximate surface area is 108 Å². The predicted octanol–water partition coefficient (Wildman–Crippen LogP) is 4.60. The van der Waals surface area contributed by atoms with Gasteiger partial charge in [0.15, 0.2) is 0 Å². The van der Waals surface area contributed by atoms with Crippen molar-refractivity contribution in [2.75, 3.05) is 11.1 Å². The smallest absolute Gasteiger partial charge is 0.265 e. The fourth-order valence-corrected chi connectivity index (χ4v) is 1.77. The van der Waals surface area contributed by atoms with E-state index in [4.69, 9.17) is 17.3 Å². The van der Waals surface area contributed by atoms with Crippen LogP contribution in [0.15, 0.2) is 42.5 Å². The summed E-state index contributed by atoms with van der Waals surface area (Å²) in [5.74, 6) is 0. The standard InChI is InChI=1S/C13H11ClF2N2/c14-10-3-1-2-4-12(10)18-11-6-5-8(17)7-9(11)13(15)16/h1-7,13,18H,17H2.